The standard InChI is InChI=1S/C20H24N2O3S/c1-21(2)17-7-5-6-16(12-17)20(24)25-14-19(23)22(3)13-15-8-10-18(26-4)11-9-15/h5-12H,13-14H2,1-4H3. The summed E-state index contributed by atoms with van der Waals surface area (Å²) < 4.78 is 5.17. The van der Waals surface area contributed by atoms with E-state index in [4.69, 9.17) is 4.74 Å². The third kappa shape index (κ3) is 5.52. The topological polar surface area (TPSA) is 49.9 Å². The number of anilines is 1. The van der Waals surface area contributed by atoms with Crippen molar-refractivity contribution in [1.82, 2.24) is 4.90 Å². The highest BCUT2D eigenvalue weighted by Crippen LogP contribution is 2.16. The van der Waals surface area contributed by atoms with Gasteiger partial charge in [-0.15, -0.1) is 11.8 Å². The molecule has 1 amide bonds. The van der Waals surface area contributed by atoms with Gasteiger partial charge in [-0.2, -0.15) is 0 Å². The van der Waals surface area contributed by atoms with Crippen molar-refractivity contribution in [3.05, 3.63) is 59.7 Å². The second-order valence-corrected chi connectivity index (χ2v) is 7.00. The molecule has 0 saturated carbocycles. The number of thioether (sulfide) groups is 1. The Bertz CT molecular complexity index is 760. The van der Waals surface area contributed by atoms with Crippen LogP contribution in [0.1, 0.15) is 15.9 Å². The monoisotopic (exact) mass is 372 g/mol. The quantitative estimate of drug-likeness (QED) is 0.551. The minimum atomic E-state index is -0.500. The second-order valence-electron chi connectivity index (χ2n) is 6.12. The molecule has 0 heterocycles. The lowest BCUT2D eigenvalue weighted by molar-refractivity contribution is -0.133. The number of benzene rings is 2. The average Bonchev–Trinajstić information content (AvgIpc) is 2.66. The van der Waals surface area contributed by atoms with E-state index in [0.717, 1.165) is 11.3 Å². The predicted octanol–water partition coefficient (Wildman–Crippen LogP) is 3.29. The molecule has 0 fully saturated rings. The molecule has 0 aliphatic rings. The first kappa shape index (κ1) is 19.8. The Labute approximate surface area is 158 Å². The zero-order valence-electron chi connectivity index (χ0n) is 15.6. The summed E-state index contributed by atoms with van der Waals surface area (Å²) in [6, 6.07) is 15.1. The van der Waals surface area contributed by atoms with E-state index < -0.39 is 5.97 Å². The first-order valence-electron chi connectivity index (χ1n) is 8.22. The van der Waals surface area contributed by atoms with Crippen LogP contribution < -0.4 is 4.90 Å². The SMILES string of the molecule is CSc1ccc(CN(C)C(=O)COC(=O)c2cccc(N(C)C)c2)cc1. The molecule has 0 spiro atoms. The van der Waals surface area contributed by atoms with Gasteiger partial charge in [0.15, 0.2) is 6.61 Å². The number of hydrogen-bond donors (Lipinski definition) is 0. The van der Waals surface area contributed by atoms with Gasteiger partial charge < -0.3 is 14.5 Å². The van der Waals surface area contributed by atoms with Gasteiger partial charge >= 0.3 is 5.97 Å². The Morgan fingerprint density at radius 2 is 1.73 bits per heavy atom. The Kier molecular flexibility index (Phi) is 7.09. The Hall–Kier alpha value is -2.47. The smallest absolute Gasteiger partial charge is 0.338 e. The number of carbonyl (C=O) groups excluding carboxylic acids is 2. The molecule has 2 aromatic rings. The fraction of sp³-hybridized carbons (Fsp3) is 0.300. The molecule has 0 atom stereocenters. The summed E-state index contributed by atoms with van der Waals surface area (Å²) in [5, 5.41) is 0. The van der Waals surface area contributed by atoms with Crippen molar-refractivity contribution >= 4 is 29.3 Å². The number of amides is 1. The van der Waals surface area contributed by atoms with Crippen LogP contribution in [0.15, 0.2) is 53.4 Å². The number of carbonyl (C=O) groups is 2. The van der Waals surface area contributed by atoms with Gasteiger partial charge in [-0.1, -0.05) is 18.2 Å². The minimum absolute atomic E-state index is 0.240. The number of ether oxygens (including phenoxy) is 1. The summed E-state index contributed by atoms with van der Waals surface area (Å²) in [7, 11) is 5.49. The van der Waals surface area contributed by atoms with Crippen LogP contribution in [0.2, 0.25) is 0 Å². The third-order valence-corrected chi connectivity index (χ3v) is 4.67. The van der Waals surface area contributed by atoms with Gasteiger partial charge in [-0.05, 0) is 42.2 Å². The molecule has 5 nitrogen and oxygen atoms in total. The van der Waals surface area contributed by atoms with Crippen LogP contribution >= 0.6 is 11.8 Å². The molecule has 0 radical (unpaired) electrons. The minimum Gasteiger partial charge on any atom is -0.452 e. The van der Waals surface area contributed by atoms with Crippen LogP contribution in [0.3, 0.4) is 0 Å². The lowest BCUT2D eigenvalue weighted by Crippen LogP contribution is -2.30. The highest BCUT2D eigenvalue weighted by atomic mass is 32.2. The van der Waals surface area contributed by atoms with Crippen molar-refractivity contribution in [2.45, 2.75) is 11.4 Å². The molecule has 0 bridgehead atoms. The highest BCUT2D eigenvalue weighted by molar-refractivity contribution is 7.98. The molecule has 26 heavy (non-hydrogen) atoms. The number of esters is 1. The zero-order valence-corrected chi connectivity index (χ0v) is 16.4. The van der Waals surface area contributed by atoms with Crippen LogP contribution in [0.4, 0.5) is 5.69 Å². The molecule has 2 rings (SSSR count). The lowest BCUT2D eigenvalue weighted by atomic mass is 10.2. The normalized spacial score (nSPS) is 10.3. The van der Waals surface area contributed by atoms with Crippen molar-refractivity contribution in [3.8, 4) is 0 Å². The van der Waals surface area contributed by atoms with Gasteiger partial charge in [0.1, 0.15) is 0 Å². The van der Waals surface area contributed by atoms with E-state index in [2.05, 4.69) is 0 Å². The lowest BCUT2D eigenvalue weighted by Gasteiger charge is -2.17. The fourth-order valence-corrected chi connectivity index (χ4v) is 2.73. The molecule has 0 saturated heterocycles. The molecule has 0 aliphatic carbocycles. The zero-order chi connectivity index (χ0) is 19.1. The van der Waals surface area contributed by atoms with Gasteiger partial charge in [0, 0.05) is 38.3 Å². The van der Waals surface area contributed by atoms with Gasteiger partial charge in [0.05, 0.1) is 5.56 Å². The van der Waals surface area contributed by atoms with Crippen molar-refractivity contribution in [3.63, 3.8) is 0 Å². The second kappa shape index (κ2) is 9.29. The van der Waals surface area contributed by atoms with E-state index in [0.29, 0.717) is 12.1 Å². The molecule has 0 aromatic heterocycles. The van der Waals surface area contributed by atoms with E-state index in [-0.39, 0.29) is 12.5 Å². The van der Waals surface area contributed by atoms with Gasteiger partial charge in [-0.25, -0.2) is 4.79 Å². The maximum Gasteiger partial charge on any atom is 0.338 e. The largest absolute Gasteiger partial charge is 0.452 e. The Morgan fingerprint density at radius 3 is 2.35 bits per heavy atom. The summed E-state index contributed by atoms with van der Waals surface area (Å²) in [5.74, 6) is -0.740. The van der Waals surface area contributed by atoms with E-state index >= 15 is 0 Å². The maximum absolute atomic E-state index is 12.2. The first-order valence-corrected chi connectivity index (χ1v) is 9.44. The van der Waals surface area contributed by atoms with Crippen LogP contribution in [-0.2, 0) is 16.1 Å². The molecule has 2 aromatic carbocycles. The Morgan fingerprint density at radius 1 is 1.04 bits per heavy atom. The molecule has 6 heteroatoms. The number of nitrogens with zero attached hydrogens (tertiary/aromatic N) is 2. The summed E-state index contributed by atoms with van der Waals surface area (Å²) in [6.45, 7) is 0.200. The highest BCUT2D eigenvalue weighted by Gasteiger charge is 2.14. The van der Waals surface area contributed by atoms with E-state index in [1.54, 1.807) is 41.9 Å². The molecule has 0 aliphatic heterocycles. The van der Waals surface area contributed by atoms with E-state index in [9.17, 15) is 9.59 Å². The molecule has 138 valence electrons. The number of likely N-dealkylation sites (N-methyl/N-ethyl adjacent to an activating group) is 1. The molecular weight excluding hydrogens is 348 g/mol. The third-order valence-electron chi connectivity index (χ3n) is 3.93. The number of hydrogen-bond acceptors (Lipinski definition) is 5. The van der Waals surface area contributed by atoms with Gasteiger partial charge in [-0.3, -0.25) is 4.79 Å². The van der Waals surface area contributed by atoms with Gasteiger partial charge in [0.25, 0.3) is 5.91 Å². The molecule has 0 N–H and O–H groups in total. The van der Waals surface area contributed by atoms with Crippen molar-refractivity contribution < 1.29 is 14.3 Å². The number of rotatable bonds is 7. The van der Waals surface area contributed by atoms with Gasteiger partial charge in [0.2, 0.25) is 0 Å². The maximum atomic E-state index is 12.2. The summed E-state index contributed by atoms with van der Waals surface area (Å²) >= 11 is 1.67. The first-order chi connectivity index (χ1) is 12.4. The fourth-order valence-electron chi connectivity index (χ4n) is 2.32. The van der Waals surface area contributed by atoms with Crippen LogP contribution in [-0.4, -0.2) is 50.8 Å². The van der Waals surface area contributed by atoms with Crippen LogP contribution in [0.25, 0.3) is 0 Å². The summed E-state index contributed by atoms with van der Waals surface area (Å²) in [5.41, 5.74) is 2.36. The van der Waals surface area contributed by atoms with Crippen molar-refractivity contribution in [2.75, 3.05) is 38.9 Å². The average molecular weight is 372 g/mol. The van der Waals surface area contributed by atoms with Crippen LogP contribution in [0, 0.1) is 0 Å². The predicted molar refractivity (Wildman–Crippen MR) is 106 cm³/mol. The molecule has 0 unspecified atom stereocenters. The van der Waals surface area contributed by atoms with Crippen LogP contribution in [0.5, 0.6) is 0 Å². The summed E-state index contributed by atoms with van der Waals surface area (Å²) in [4.78, 5) is 29.0. The van der Waals surface area contributed by atoms with Crippen molar-refractivity contribution in [2.24, 2.45) is 0 Å². The van der Waals surface area contributed by atoms with E-state index in [1.165, 1.54) is 4.90 Å². The van der Waals surface area contributed by atoms with Crippen molar-refractivity contribution in [1.29, 1.82) is 0 Å². The Balaban J connectivity index is 1.88. The van der Waals surface area contributed by atoms with E-state index in [1.807, 2.05) is 55.6 Å². The molecular formula is C20H24N2O3S. The summed E-state index contributed by atoms with van der Waals surface area (Å²) in [6.07, 6.45) is 2.02.